The zero-order valence-corrected chi connectivity index (χ0v) is 15.6. The molecule has 1 N–H and O–H groups in total. The van der Waals surface area contributed by atoms with Crippen LogP contribution >= 0.6 is 0 Å². The molecule has 1 heterocycles. The Hall–Kier alpha value is -2.37. The van der Waals surface area contributed by atoms with E-state index >= 15 is 0 Å². The first-order valence-electron chi connectivity index (χ1n) is 9.08. The Kier molecular flexibility index (Phi) is 6.26. The van der Waals surface area contributed by atoms with Crippen LogP contribution in [0.25, 0.3) is 0 Å². The summed E-state index contributed by atoms with van der Waals surface area (Å²) < 4.78 is 5.58. The Morgan fingerprint density at radius 1 is 1.04 bits per heavy atom. The lowest BCUT2D eigenvalue weighted by Crippen LogP contribution is -2.43. The Morgan fingerprint density at radius 3 is 2.42 bits per heavy atom. The molecule has 2 aromatic carbocycles. The molecule has 138 valence electrons. The number of benzene rings is 2. The number of nitrogens with one attached hydrogen (secondary N) is 1. The third kappa shape index (κ3) is 5.31. The largest absolute Gasteiger partial charge is 0.483 e. The van der Waals surface area contributed by atoms with E-state index in [9.17, 15) is 4.79 Å². The van der Waals surface area contributed by atoms with Crippen LogP contribution in [0.5, 0.6) is 5.75 Å². The van der Waals surface area contributed by atoms with Gasteiger partial charge in [-0.1, -0.05) is 30.3 Å². The van der Waals surface area contributed by atoms with Crippen LogP contribution in [0, 0.1) is 6.92 Å². The monoisotopic (exact) mass is 353 g/mol. The molecule has 1 aliphatic rings. The molecule has 0 saturated carbocycles. The number of para-hydroxylation sites is 1. The summed E-state index contributed by atoms with van der Waals surface area (Å²) in [6.45, 7) is 7.37. The minimum absolute atomic E-state index is 0.00784. The van der Waals surface area contributed by atoms with Gasteiger partial charge in [0.1, 0.15) is 5.75 Å². The van der Waals surface area contributed by atoms with E-state index in [0.717, 1.165) is 49.7 Å². The quantitative estimate of drug-likeness (QED) is 0.867. The fraction of sp³-hybridized carbons (Fsp3) is 0.381. The minimum Gasteiger partial charge on any atom is -0.483 e. The van der Waals surface area contributed by atoms with E-state index in [4.69, 9.17) is 4.74 Å². The second-order valence-corrected chi connectivity index (χ2v) is 6.88. The topological polar surface area (TPSA) is 44.8 Å². The highest BCUT2D eigenvalue weighted by molar-refractivity contribution is 5.91. The fourth-order valence-electron chi connectivity index (χ4n) is 3.02. The van der Waals surface area contributed by atoms with Crippen LogP contribution in [0.1, 0.15) is 11.1 Å². The van der Waals surface area contributed by atoms with Gasteiger partial charge in [-0.15, -0.1) is 0 Å². The first-order chi connectivity index (χ1) is 12.6. The van der Waals surface area contributed by atoms with Crippen molar-refractivity contribution in [1.29, 1.82) is 0 Å². The van der Waals surface area contributed by atoms with Crippen LogP contribution < -0.4 is 10.1 Å². The summed E-state index contributed by atoms with van der Waals surface area (Å²) in [5.74, 6) is 0.588. The maximum absolute atomic E-state index is 12.1. The van der Waals surface area contributed by atoms with Gasteiger partial charge >= 0.3 is 0 Å². The van der Waals surface area contributed by atoms with Crippen LogP contribution in [-0.4, -0.2) is 55.5 Å². The molecule has 1 fully saturated rings. The van der Waals surface area contributed by atoms with Gasteiger partial charge in [0.15, 0.2) is 6.61 Å². The molecule has 0 bridgehead atoms. The summed E-state index contributed by atoms with van der Waals surface area (Å²) >= 11 is 0. The molecule has 2 aromatic rings. The minimum atomic E-state index is -0.153. The van der Waals surface area contributed by atoms with E-state index in [2.05, 4.69) is 34.3 Å². The van der Waals surface area contributed by atoms with Crippen LogP contribution in [-0.2, 0) is 11.3 Å². The normalized spacial score (nSPS) is 15.6. The number of anilines is 1. The van der Waals surface area contributed by atoms with Gasteiger partial charge in [0.25, 0.3) is 5.91 Å². The van der Waals surface area contributed by atoms with Gasteiger partial charge in [-0.3, -0.25) is 9.69 Å². The second kappa shape index (κ2) is 8.83. The molecule has 5 nitrogen and oxygen atoms in total. The van der Waals surface area contributed by atoms with E-state index in [1.54, 1.807) is 0 Å². The number of amides is 1. The Bertz CT molecular complexity index is 722. The van der Waals surface area contributed by atoms with Crippen molar-refractivity contribution in [3.63, 3.8) is 0 Å². The molecule has 0 aliphatic carbocycles. The van der Waals surface area contributed by atoms with Gasteiger partial charge in [0.05, 0.1) is 0 Å². The molecule has 0 unspecified atom stereocenters. The first kappa shape index (κ1) is 18.4. The van der Waals surface area contributed by atoms with Crippen LogP contribution in [0.4, 0.5) is 5.69 Å². The maximum atomic E-state index is 12.1. The maximum Gasteiger partial charge on any atom is 0.262 e. The van der Waals surface area contributed by atoms with E-state index in [0.29, 0.717) is 0 Å². The summed E-state index contributed by atoms with van der Waals surface area (Å²) in [4.78, 5) is 16.9. The van der Waals surface area contributed by atoms with Crippen molar-refractivity contribution in [2.24, 2.45) is 0 Å². The van der Waals surface area contributed by atoms with Gasteiger partial charge in [0, 0.05) is 38.4 Å². The van der Waals surface area contributed by atoms with Crippen LogP contribution in [0.3, 0.4) is 0 Å². The van der Waals surface area contributed by atoms with Gasteiger partial charge < -0.3 is 15.0 Å². The van der Waals surface area contributed by atoms with E-state index < -0.39 is 0 Å². The summed E-state index contributed by atoms with van der Waals surface area (Å²) in [7, 11) is 2.16. The number of carbonyl (C=O) groups is 1. The van der Waals surface area contributed by atoms with E-state index in [1.165, 1.54) is 5.56 Å². The summed E-state index contributed by atoms with van der Waals surface area (Å²) in [6.07, 6.45) is 0. The highest BCUT2D eigenvalue weighted by Gasteiger charge is 2.13. The number of likely N-dealkylation sites (N-methyl/N-ethyl adjacent to an activating group) is 1. The lowest BCUT2D eigenvalue weighted by molar-refractivity contribution is -0.118. The lowest BCUT2D eigenvalue weighted by Gasteiger charge is -2.32. The smallest absolute Gasteiger partial charge is 0.262 e. The molecule has 0 spiro atoms. The Labute approximate surface area is 155 Å². The number of aryl methyl sites for hydroxylation is 1. The molecule has 1 aliphatic heterocycles. The van der Waals surface area contributed by atoms with Crippen molar-refractivity contribution in [2.75, 3.05) is 45.2 Å². The highest BCUT2D eigenvalue weighted by Crippen LogP contribution is 2.16. The molecule has 3 rings (SSSR count). The lowest BCUT2D eigenvalue weighted by atomic mass is 10.2. The standard InChI is InChI=1S/C21H27N3O2/c1-17-5-3-4-6-20(17)26-16-21(25)22-19-9-7-18(8-10-19)15-24-13-11-23(2)12-14-24/h3-10H,11-16H2,1-2H3,(H,22,25). The number of hydrogen-bond acceptors (Lipinski definition) is 4. The van der Waals surface area contributed by atoms with Crippen molar-refractivity contribution < 1.29 is 9.53 Å². The second-order valence-electron chi connectivity index (χ2n) is 6.88. The third-order valence-electron chi connectivity index (χ3n) is 4.69. The van der Waals surface area contributed by atoms with Crippen LogP contribution in [0.2, 0.25) is 0 Å². The van der Waals surface area contributed by atoms with Gasteiger partial charge in [-0.2, -0.15) is 0 Å². The average molecular weight is 353 g/mol. The van der Waals surface area contributed by atoms with Crippen molar-refractivity contribution in [3.05, 3.63) is 59.7 Å². The molecule has 26 heavy (non-hydrogen) atoms. The molecule has 0 radical (unpaired) electrons. The SMILES string of the molecule is Cc1ccccc1OCC(=O)Nc1ccc(CN2CCN(C)CC2)cc1. The van der Waals surface area contributed by atoms with Crippen molar-refractivity contribution in [2.45, 2.75) is 13.5 Å². The summed E-state index contributed by atoms with van der Waals surface area (Å²) in [6, 6.07) is 15.8. The first-order valence-corrected chi connectivity index (χ1v) is 9.08. The zero-order valence-electron chi connectivity index (χ0n) is 15.6. The van der Waals surface area contributed by atoms with Crippen LogP contribution in [0.15, 0.2) is 48.5 Å². The number of hydrogen-bond donors (Lipinski definition) is 1. The van der Waals surface area contributed by atoms with Gasteiger partial charge in [-0.05, 0) is 43.3 Å². The molecule has 0 aromatic heterocycles. The van der Waals surface area contributed by atoms with E-state index in [1.807, 2.05) is 43.3 Å². The van der Waals surface area contributed by atoms with Crippen molar-refractivity contribution in [3.8, 4) is 5.75 Å². The third-order valence-corrected chi connectivity index (χ3v) is 4.69. The number of rotatable bonds is 6. The van der Waals surface area contributed by atoms with E-state index in [-0.39, 0.29) is 12.5 Å². The molecule has 1 amide bonds. The zero-order chi connectivity index (χ0) is 18.4. The number of piperazine rings is 1. The average Bonchev–Trinajstić information content (AvgIpc) is 2.64. The van der Waals surface area contributed by atoms with Gasteiger partial charge in [-0.25, -0.2) is 0 Å². The molecule has 5 heteroatoms. The number of ether oxygens (including phenoxy) is 1. The number of carbonyl (C=O) groups excluding carboxylic acids is 1. The number of nitrogens with zero attached hydrogens (tertiary/aromatic N) is 2. The van der Waals surface area contributed by atoms with Crippen molar-refractivity contribution >= 4 is 11.6 Å². The van der Waals surface area contributed by atoms with Gasteiger partial charge in [0.2, 0.25) is 0 Å². The Morgan fingerprint density at radius 2 is 1.73 bits per heavy atom. The molecular weight excluding hydrogens is 326 g/mol. The molecular formula is C21H27N3O2. The fourth-order valence-corrected chi connectivity index (χ4v) is 3.02. The molecule has 0 atom stereocenters. The van der Waals surface area contributed by atoms with Crippen molar-refractivity contribution in [1.82, 2.24) is 9.80 Å². The summed E-state index contributed by atoms with van der Waals surface area (Å²) in [5, 5.41) is 2.88. The molecule has 1 saturated heterocycles. The Balaban J connectivity index is 1.46. The predicted octanol–water partition coefficient (Wildman–Crippen LogP) is 2.76. The highest BCUT2D eigenvalue weighted by atomic mass is 16.5. The predicted molar refractivity (Wildman–Crippen MR) is 105 cm³/mol. The summed E-state index contributed by atoms with van der Waals surface area (Å²) in [5.41, 5.74) is 3.09.